The average molecular weight is 227 g/mol. The van der Waals surface area contributed by atoms with E-state index in [4.69, 9.17) is 5.11 Å². The van der Waals surface area contributed by atoms with Crippen molar-refractivity contribution in [1.29, 1.82) is 0 Å². The van der Waals surface area contributed by atoms with Gasteiger partial charge in [-0.1, -0.05) is 13.8 Å². The number of nitro benzene ring substituents is 1. The number of thioether (sulfide) groups is 1. The van der Waals surface area contributed by atoms with Gasteiger partial charge in [0.15, 0.2) is 0 Å². The van der Waals surface area contributed by atoms with Crippen molar-refractivity contribution < 1.29 is 10.0 Å². The van der Waals surface area contributed by atoms with Gasteiger partial charge in [-0.3, -0.25) is 10.1 Å². The van der Waals surface area contributed by atoms with Crippen LogP contribution in [-0.2, 0) is 6.61 Å². The number of hydrogen-bond donors (Lipinski definition) is 1. The van der Waals surface area contributed by atoms with Crippen LogP contribution in [0.4, 0.5) is 5.69 Å². The van der Waals surface area contributed by atoms with Crippen LogP contribution in [0.25, 0.3) is 0 Å². The Morgan fingerprint density at radius 2 is 2.20 bits per heavy atom. The van der Waals surface area contributed by atoms with E-state index < -0.39 is 4.92 Å². The van der Waals surface area contributed by atoms with Crippen molar-refractivity contribution in [3.05, 3.63) is 33.9 Å². The summed E-state index contributed by atoms with van der Waals surface area (Å²) in [5.74, 6) is 0. The summed E-state index contributed by atoms with van der Waals surface area (Å²) in [6, 6.07) is 4.82. The molecule has 0 aromatic heterocycles. The molecule has 0 aliphatic rings. The van der Waals surface area contributed by atoms with Crippen LogP contribution < -0.4 is 0 Å². The Hall–Kier alpha value is -1.07. The Labute approximate surface area is 92.5 Å². The highest BCUT2D eigenvalue weighted by Gasteiger charge is 2.13. The zero-order valence-electron chi connectivity index (χ0n) is 8.64. The maximum atomic E-state index is 10.6. The van der Waals surface area contributed by atoms with E-state index in [1.54, 1.807) is 23.9 Å². The Balaban J connectivity index is 3.02. The summed E-state index contributed by atoms with van der Waals surface area (Å²) in [5.41, 5.74) is 0.344. The lowest BCUT2D eigenvalue weighted by Gasteiger charge is -2.06. The Morgan fingerprint density at radius 3 is 2.67 bits per heavy atom. The van der Waals surface area contributed by atoms with Crippen LogP contribution in [-0.4, -0.2) is 15.3 Å². The van der Waals surface area contributed by atoms with Crippen molar-refractivity contribution >= 4 is 17.4 Å². The molecule has 5 heteroatoms. The predicted octanol–water partition coefficient (Wildman–Crippen LogP) is 2.59. The van der Waals surface area contributed by atoms with Crippen molar-refractivity contribution in [2.24, 2.45) is 0 Å². The van der Waals surface area contributed by atoms with Crippen LogP contribution in [0.3, 0.4) is 0 Å². The summed E-state index contributed by atoms with van der Waals surface area (Å²) in [6.07, 6.45) is 0. The molecule has 0 spiro atoms. The normalized spacial score (nSPS) is 10.7. The first-order chi connectivity index (χ1) is 7.04. The standard InChI is InChI=1S/C10H13NO3S/c1-7(2)15-9-3-4-10(11(13)14)8(5-9)6-12/h3-5,7,12H,6H2,1-2H3. The fourth-order valence-corrected chi connectivity index (χ4v) is 2.11. The third-order valence-corrected chi connectivity index (χ3v) is 2.79. The van der Waals surface area contributed by atoms with E-state index in [9.17, 15) is 10.1 Å². The number of nitrogens with zero attached hydrogens (tertiary/aromatic N) is 1. The Kier molecular flexibility index (Phi) is 4.11. The molecule has 82 valence electrons. The molecule has 0 saturated carbocycles. The van der Waals surface area contributed by atoms with E-state index in [-0.39, 0.29) is 12.3 Å². The van der Waals surface area contributed by atoms with E-state index in [1.807, 2.05) is 13.8 Å². The van der Waals surface area contributed by atoms with Crippen LogP contribution in [0.15, 0.2) is 23.1 Å². The number of rotatable bonds is 4. The number of benzene rings is 1. The fraction of sp³-hybridized carbons (Fsp3) is 0.400. The van der Waals surface area contributed by atoms with Gasteiger partial charge in [-0.05, 0) is 12.1 Å². The topological polar surface area (TPSA) is 63.4 Å². The van der Waals surface area contributed by atoms with Gasteiger partial charge in [-0.25, -0.2) is 0 Å². The fourth-order valence-electron chi connectivity index (χ4n) is 1.21. The lowest BCUT2D eigenvalue weighted by molar-refractivity contribution is -0.385. The lowest BCUT2D eigenvalue weighted by Crippen LogP contribution is -1.96. The minimum absolute atomic E-state index is 0.0226. The predicted molar refractivity (Wildman–Crippen MR) is 60.0 cm³/mol. The molecule has 4 nitrogen and oxygen atoms in total. The highest BCUT2D eigenvalue weighted by molar-refractivity contribution is 7.99. The second kappa shape index (κ2) is 5.14. The first kappa shape index (κ1) is 12.0. The number of aliphatic hydroxyl groups excluding tert-OH is 1. The zero-order chi connectivity index (χ0) is 11.4. The molecule has 15 heavy (non-hydrogen) atoms. The quantitative estimate of drug-likeness (QED) is 0.488. The van der Waals surface area contributed by atoms with Gasteiger partial charge in [-0.15, -0.1) is 11.8 Å². The molecule has 1 aromatic rings. The van der Waals surface area contributed by atoms with Gasteiger partial charge in [-0.2, -0.15) is 0 Å². The maximum Gasteiger partial charge on any atom is 0.274 e. The number of aliphatic hydroxyl groups is 1. The van der Waals surface area contributed by atoms with Gasteiger partial charge in [0.05, 0.1) is 17.1 Å². The average Bonchev–Trinajstić information content (AvgIpc) is 2.16. The molecule has 0 heterocycles. The van der Waals surface area contributed by atoms with Crippen molar-refractivity contribution in [3.8, 4) is 0 Å². The summed E-state index contributed by atoms with van der Waals surface area (Å²) < 4.78 is 0. The van der Waals surface area contributed by atoms with Gasteiger partial charge >= 0.3 is 0 Å². The number of nitro groups is 1. The molecular formula is C10H13NO3S. The Morgan fingerprint density at radius 1 is 1.53 bits per heavy atom. The summed E-state index contributed by atoms with van der Waals surface area (Å²) in [6.45, 7) is 3.79. The summed E-state index contributed by atoms with van der Waals surface area (Å²) >= 11 is 1.61. The zero-order valence-corrected chi connectivity index (χ0v) is 9.45. The minimum Gasteiger partial charge on any atom is -0.391 e. The molecule has 1 rings (SSSR count). The maximum absolute atomic E-state index is 10.6. The van der Waals surface area contributed by atoms with Gasteiger partial charge in [0.1, 0.15) is 0 Å². The molecule has 1 N–H and O–H groups in total. The van der Waals surface area contributed by atoms with E-state index in [1.165, 1.54) is 6.07 Å². The molecule has 0 radical (unpaired) electrons. The second-order valence-corrected chi connectivity index (χ2v) is 5.02. The van der Waals surface area contributed by atoms with E-state index in [2.05, 4.69) is 0 Å². The highest BCUT2D eigenvalue weighted by atomic mass is 32.2. The molecule has 0 amide bonds. The first-order valence-electron chi connectivity index (χ1n) is 4.59. The van der Waals surface area contributed by atoms with Gasteiger partial charge in [0.2, 0.25) is 0 Å². The summed E-state index contributed by atoms with van der Waals surface area (Å²) in [4.78, 5) is 11.1. The van der Waals surface area contributed by atoms with Gasteiger partial charge in [0, 0.05) is 16.2 Å². The van der Waals surface area contributed by atoms with Crippen molar-refractivity contribution in [2.45, 2.75) is 30.6 Å². The monoisotopic (exact) mass is 227 g/mol. The largest absolute Gasteiger partial charge is 0.391 e. The third kappa shape index (κ3) is 3.21. The van der Waals surface area contributed by atoms with Crippen LogP contribution >= 0.6 is 11.8 Å². The second-order valence-electron chi connectivity index (χ2n) is 3.37. The molecule has 0 aliphatic heterocycles. The van der Waals surface area contributed by atoms with Crippen LogP contribution in [0.1, 0.15) is 19.4 Å². The molecule has 0 unspecified atom stereocenters. The van der Waals surface area contributed by atoms with Crippen LogP contribution in [0.5, 0.6) is 0 Å². The van der Waals surface area contributed by atoms with Crippen molar-refractivity contribution in [3.63, 3.8) is 0 Å². The molecule has 0 aliphatic carbocycles. The molecule has 0 atom stereocenters. The number of hydrogen-bond acceptors (Lipinski definition) is 4. The molecular weight excluding hydrogens is 214 g/mol. The molecule has 0 saturated heterocycles. The van der Waals surface area contributed by atoms with Crippen molar-refractivity contribution in [1.82, 2.24) is 0 Å². The molecule has 0 bridgehead atoms. The van der Waals surface area contributed by atoms with Crippen LogP contribution in [0.2, 0.25) is 0 Å². The van der Waals surface area contributed by atoms with Gasteiger partial charge < -0.3 is 5.11 Å². The van der Waals surface area contributed by atoms with E-state index >= 15 is 0 Å². The van der Waals surface area contributed by atoms with Gasteiger partial charge in [0.25, 0.3) is 5.69 Å². The first-order valence-corrected chi connectivity index (χ1v) is 5.47. The third-order valence-electron chi connectivity index (χ3n) is 1.79. The molecule has 1 aromatic carbocycles. The van der Waals surface area contributed by atoms with E-state index in [0.29, 0.717) is 10.8 Å². The lowest BCUT2D eigenvalue weighted by atomic mass is 10.2. The SMILES string of the molecule is CC(C)Sc1ccc([N+](=O)[O-])c(CO)c1. The van der Waals surface area contributed by atoms with Crippen LogP contribution in [0, 0.1) is 10.1 Å². The van der Waals surface area contributed by atoms with E-state index in [0.717, 1.165) is 4.90 Å². The molecule has 0 fully saturated rings. The summed E-state index contributed by atoms with van der Waals surface area (Å²) in [5, 5.41) is 20.0. The Bertz CT molecular complexity index is 366. The summed E-state index contributed by atoms with van der Waals surface area (Å²) in [7, 11) is 0. The minimum atomic E-state index is -0.477. The smallest absolute Gasteiger partial charge is 0.274 e. The van der Waals surface area contributed by atoms with Crippen molar-refractivity contribution in [2.75, 3.05) is 0 Å². The highest BCUT2D eigenvalue weighted by Crippen LogP contribution is 2.28.